The normalized spacial score (nSPS) is 16.0. The summed E-state index contributed by atoms with van der Waals surface area (Å²) in [5.74, 6) is -0.252. The molecular weight excluding hydrogens is 314 g/mol. The molecule has 0 spiro atoms. The van der Waals surface area contributed by atoms with E-state index in [-0.39, 0.29) is 11.7 Å². The van der Waals surface area contributed by atoms with E-state index in [1.54, 1.807) is 0 Å². The standard InChI is InChI=1S/C16H21N3O5/c1-11(24-14-9-7-13(8-10-14)19(22)23)15(20)18-16(21)17-12-5-3-2-4-6-12/h7-12H,2-6H2,1H3,(H2,17,18,20,21)/t11-/m0/s1. The summed E-state index contributed by atoms with van der Waals surface area (Å²) in [6.45, 7) is 1.50. The Morgan fingerprint density at radius 3 is 2.42 bits per heavy atom. The van der Waals surface area contributed by atoms with Crippen LogP contribution in [-0.2, 0) is 4.79 Å². The average molecular weight is 335 g/mol. The van der Waals surface area contributed by atoms with Gasteiger partial charge in [0.15, 0.2) is 6.10 Å². The van der Waals surface area contributed by atoms with Crippen LogP contribution in [0.25, 0.3) is 0 Å². The Morgan fingerprint density at radius 1 is 1.21 bits per heavy atom. The van der Waals surface area contributed by atoms with Crippen LogP contribution >= 0.6 is 0 Å². The van der Waals surface area contributed by atoms with Gasteiger partial charge in [0.25, 0.3) is 11.6 Å². The zero-order chi connectivity index (χ0) is 17.5. The first-order valence-electron chi connectivity index (χ1n) is 7.98. The summed E-state index contributed by atoms with van der Waals surface area (Å²) in [6.07, 6.45) is 4.30. The van der Waals surface area contributed by atoms with Crippen LogP contribution in [0.1, 0.15) is 39.0 Å². The predicted molar refractivity (Wildman–Crippen MR) is 86.7 cm³/mol. The van der Waals surface area contributed by atoms with Gasteiger partial charge in [0.1, 0.15) is 5.75 Å². The number of nitrogens with zero attached hydrogens (tertiary/aromatic N) is 1. The number of non-ortho nitro benzene ring substituents is 1. The Morgan fingerprint density at radius 2 is 1.83 bits per heavy atom. The number of benzene rings is 1. The minimum absolute atomic E-state index is 0.0636. The number of imide groups is 1. The fourth-order valence-electron chi connectivity index (χ4n) is 2.59. The number of carbonyl (C=O) groups is 2. The summed E-state index contributed by atoms with van der Waals surface area (Å²) >= 11 is 0. The molecule has 1 saturated carbocycles. The molecule has 0 aliphatic heterocycles. The van der Waals surface area contributed by atoms with Crippen molar-refractivity contribution >= 4 is 17.6 Å². The number of hydrogen-bond donors (Lipinski definition) is 2. The second-order valence-electron chi connectivity index (χ2n) is 5.81. The minimum atomic E-state index is -0.899. The maximum Gasteiger partial charge on any atom is 0.321 e. The minimum Gasteiger partial charge on any atom is -0.481 e. The molecule has 0 saturated heterocycles. The van der Waals surface area contributed by atoms with E-state index in [2.05, 4.69) is 10.6 Å². The molecule has 0 heterocycles. The van der Waals surface area contributed by atoms with Crippen LogP contribution in [0.3, 0.4) is 0 Å². The molecule has 0 radical (unpaired) electrons. The molecule has 2 N–H and O–H groups in total. The summed E-state index contributed by atoms with van der Waals surface area (Å²) in [7, 11) is 0. The molecule has 0 unspecified atom stereocenters. The summed E-state index contributed by atoms with van der Waals surface area (Å²) in [5, 5.41) is 15.6. The maximum absolute atomic E-state index is 12.0. The smallest absolute Gasteiger partial charge is 0.321 e. The van der Waals surface area contributed by atoms with Crippen molar-refractivity contribution in [2.45, 2.75) is 51.2 Å². The first kappa shape index (κ1) is 17.7. The van der Waals surface area contributed by atoms with E-state index in [1.807, 2.05) is 0 Å². The molecule has 0 aromatic heterocycles. The van der Waals surface area contributed by atoms with Crippen LogP contribution in [0.4, 0.5) is 10.5 Å². The van der Waals surface area contributed by atoms with E-state index in [0.717, 1.165) is 25.7 Å². The van der Waals surface area contributed by atoms with Gasteiger partial charge in [-0.1, -0.05) is 19.3 Å². The molecule has 8 nitrogen and oxygen atoms in total. The van der Waals surface area contributed by atoms with Gasteiger partial charge in [0.2, 0.25) is 0 Å². The number of nitro groups is 1. The monoisotopic (exact) mass is 335 g/mol. The lowest BCUT2D eigenvalue weighted by atomic mass is 9.96. The van der Waals surface area contributed by atoms with E-state index in [1.165, 1.54) is 37.6 Å². The number of nitrogens with one attached hydrogen (secondary N) is 2. The highest BCUT2D eigenvalue weighted by Gasteiger charge is 2.20. The van der Waals surface area contributed by atoms with Crippen molar-refractivity contribution in [1.82, 2.24) is 10.6 Å². The number of nitro benzene ring substituents is 1. The van der Waals surface area contributed by atoms with E-state index < -0.39 is 23.0 Å². The third-order valence-electron chi connectivity index (χ3n) is 3.91. The number of ether oxygens (including phenoxy) is 1. The maximum atomic E-state index is 12.0. The lowest BCUT2D eigenvalue weighted by Gasteiger charge is -2.23. The Balaban J connectivity index is 1.80. The third kappa shape index (κ3) is 5.22. The van der Waals surface area contributed by atoms with E-state index >= 15 is 0 Å². The van der Waals surface area contributed by atoms with Gasteiger partial charge in [-0.15, -0.1) is 0 Å². The summed E-state index contributed by atoms with van der Waals surface area (Å²) in [6, 6.07) is 4.97. The van der Waals surface area contributed by atoms with E-state index in [0.29, 0.717) is 5.75 Å². The molecule has 1 aromatic carbocycles. The van der Waals surface area contributed by atoms with Crippen molar-refractivity contribution in [1.29, 1.82) is 0 Å². The summed E-state index contributed by atoms with van der Waals surface area (Å²) in [4.78, 5) is 33.9. The van der Waals surface area contributed by atoms with Gasteiger partial charge in [0.05, 0.1) is 4.92 Å². The van der Waals surface area contributed by atoms with Crippen molar-refractivity contribution in [3.8, 4) is 5.75 Å². The number of urea groups is 1. The van der Waals surface area contributed by atoms with Gasteiger partial charge >= 0.3 is 6.03 Å². The highest BCUT2D eigenvalue weighted by atomic mass is 16.6. The first-order valence-corrected chi connectivity index (χ1v) is 7.98. The van der Waals surface area contributed by atoms with Crippen LogP contribution in [0.15, 0.2) is 24.3 Å². The highest BCUT2D eigenvalue weighted by molar-refractivity contribution is 5.96. The quantitative estimate of drug-likeness (QED) is 0.634. The fourth-order valence-corrected chi connectivity index (χ4v) is 2.59. The van der Waals surface area contributed by atoms with Crippen LogP contribution in [0.5, 0.6) is 5.75 Å². The molecule has 130 valence electrons. The van der Waals surface area contributed by atoms with Gasteiger partial charge in [-0.25, -0.2) is 4.79 Å². The zero-order valence-corrected chi connectivity index (χ0v) is 13.5. The molecule has 1 aromatic rings. The highest BCUT2D eigenvalue weighted by Crippen LogP contribution is 2.19. The molecular formula is C16H21N3O5. The second kappa shape index (κ2) is 8.28. The Labute approximate surface area is 139 Å². The van der Waals surface area contributed by atoms with E-state index in [9.17, 15) is 19.7 Å². The summed E-state index contributed by atoms with van der Waals surface area (Å²) in [5.41, 5.74) is -0.0636. The lowest BCUT2D eigenvalue weighted by molar-refractivity contribution is -0.384. The number of carbonyl (C=O) groups excluding carboxylic acids is 2. The predicted octanol–water partition coefficient (Wildman–Crippen LogP) is 2.52. The van der Waals surface area contributed by atoms with Gasteiger partial charge in [0, 0.05) is 18.2 Å². The molecule has 0 bridgehead atoms. The lowest BCUT2D eigenvalue weighted by Crippen LogP contribution is -2.48. The largest absolute Gasteiger partial charge is 0.481 e. The Hall–Kier alpha value is -2.64. The molecule has 8 heteroatoms. The van der Waals surface area contributed by atoms with Crippen LogP contribution in [0, 0.1) is 10.1 Å². The van der Waals surface area contributed by atoms with Gasteiger partial charge in [-0.2, -0.15) is 0 Å². The number of hydrogen-bond acceptors (Lipinski definition) is 5. The molecule has 1 fully saturated rings. The molecule has 1 aliphatic carbocycles. The molecule has 24 heavy (non-hydrogen) atoms. The second-order valence-corrected chi connectivity index (χ2v) is 5.81. The number of rotatable bonds is 5. The topological polar surface area (TPSA) is 111 Å². The van der Waals surface area contributed by atoms with Gasteiger partial charge in [-0.3, -0.25) is 20.2 Å². The Kier molecular flexibility index (Phi) is 6.11. The molecule has 3 amide bonds. The average Bonchev–Trinajstić information content (AvgIpc) is 2.56. The molecule has 2 rings (SSSR count). The molecule has 1 atom stereocenters. The third-order valence-corrected chi connectivity index (χ3v) is 3.91. The van der Waals surface area contributed by atoms with Crippen molar-refractivity contribution in [2.75, 3.05) is 0 Å². The van der Waals surface area contributed by atoms with Crippen molar-refractivity contribution in [3.05, 3.63) is 34.4 Å². The SMILES string of the molecule is C[C@H](Oc1ccc([N+](=O)[O-])cc1)C(=O)NC(=O)NC1CCCCC1. The molecule has 1 aliphatic rings. The number of amides is 3. The van der Waals surface area contributed by atoms with Crippen LogP contribution in [0.2, 0.25) is 0 Å². The first-order chi connectivity index (χ1) is 11.5. The fraction of sp³-hybridized carbons (Fsp3) is 0.500. The Bertz CT molecular complexity index is 596. The summed E-state index contributed by atoms with van der Waals surface area (Å²) < 4.78 is 5.39. The van der Waals surface area contributed by atoms with E-state index in [4.69, 9.17) is 4.74 Å². The van der Waals surface area contributed by atoms with Crippen molar-refractivity contribution in [3.63, 3.8) is 0 Å². The zero-order valence-electron chi connectivity index (χ0n) is 13.5. The van der Waals surface area contributed by atoms with Crippen LogP contribution in [-0.4, -0.2) is 29.0 Å². The van der Waals surface area contributed by atoms with Crippen molar-refractivity contribution in [2.24, 2.45) is 0 Å². The van der Waals surface area contributed by atoms with Crippen LogP contribution < -0.4 is 15.4 Å². The van der Waals surface area contributed by atoms with Gasteiger partial charge < -0.3 is 10.1 Å². The van der Waals surface area contributed by atoms with Gasteiger partial charge in [-0.05, 0) is 31.9 Å². The van der Waals surface area contributed by atoms with Crippen molar-refractivity contribution < 1.29 is 19.2 Å².